The first-order valence-corrected chi connectivity index (χ1v) is 10.5. The number of aromatic nitrogens is 1. The fourth-order valence-electron chi connectivity index (χ4n) is 2.80. The summed E-state index contributed by atoms with van der Waals surface area (Å²) < 4.78 is 0. The van der Waals surface area contributed by atoms with Gasteiger partial charge in [-0.25, -0.2) is 4.98 Å². The van der Waals surface area contributed by atoms with Crippen LogP contribution >= 0.6 is 11.3 Å². The lowest BCUT2D eigenvalue weighted by molar-refractivity contribution is -0.384. The molecule has 1 fully saturated rings. The van der Waals surface area contributed by atoms with E-state index in [9.17, 15) is 19.7 Å². The molecule has 2 aromatic carbocycles. The van der Waals surface area contributed by atoms with Crippen molar-refractivity contribution in [2.75, 3.05) is 5.32 Å². The van der Waals surface area contributed by atoms with E-state index in [-0.39, 0.29) is 17.5 Å². The van der Waals surface area contributed by atoms with Crippen LogP contribution in [0.4, 0.5) is 10.8 Å². The van der Waals surface area contributed by atoms with Gasteiger partial charge in [-0.2, -0.15) is 0 Å². The number of anilines is 1. The molecule has 31 heavy (non-hydrogen) atoms. The summed E-state index contributed by atoms with van der Waals surface area (Å²) in [6.45, 7) is 0. The van der Waals surface area contributed by atoms with Crippen LogP contribution in [0, 0.1) is 10.1 Å². The summed E-state index contributed by atoms with van der Waals surface area (Å²) >= 11 is 1.23. The fourth-order valence-corrected chi connectivity index (χ4v) is 3.53. The molecule has 0 aliphatic heterocycles. The van der Waals surface area contributed by atoms with Crippen molar-refractivity contribution in [2.45, 2.75) is 18.9 Å². The van der Waals surface area contributed by atoms with Crippen LogP contribution in [0.15, 0.2) is 60.0 Å². The standard InChI is InChI=1S/C22H18N4O4S/c27-20(11-6-14-4-7-15(8-5-14)21(28)23-17-9-10-17)25-22-24-19(13-31-22)16-2-1-3-18(12-16)26(29)30/h1-8,11-13,17H,9-10H2,(H,23,28)(H,24,25,27)/b11-6+. The summed E-state index contributed by atoms with van der Waals surface area (Å²) in [7, 11) is 0. The van der Waals surface area contributed by atoms with Crippen LogP contribution in [0.1, 0.15) is 28.8 Å². The molecule has 3 aromatic rings. The molecule has 2 N–H and O–H groups in total. The van der Waals surface area contributed by atoms with Gasteiger partial charge in [-0.05, 0) is 36.6 Å². The SMILES string of the molecule is O=C(/C=C/c1ccc(C(=O)NC2CC2)cc1)Nc1nc(-c2cccc([N+](=O)[O-])c2)cs1. The number of nitrogens with zero attached hydrogens (tertiary/aromatic N) is 2. The number of carbonyl (C=O) groups excluding carboxylic acids is 2. The van der Waals surface area contributed by atoms with Crippen molar-refractivity contribution in [2.24, 2.45) is 0 Å². The summed E-state index contributed by atoms with van der Waals surface area (Å²) in [4.78, 5) is 39.0. The van der Waals surface area contributed by atoms with E-state index in [0.29, 0.717) is 28.0 Å². The van der Waals surface area contributed by atoms with Crippen molar-refractivity contribution in [3.63, 3.8) is 0 Å². The highest BCUT2D eigenvalue weighted by atomic mass is 32.1. The molecule has 1 saturated carbocycles. The van der Waals surface area contributed by atoms with Crippen molar-refractivity contribution in [1.82, 2.24) is 10.3 Å². The summed E-state index contributed by atoms with van der Waals surface area (Å²) in [6, 6.07) is 13.5. The van der Waals surface area contributed by atoms with Crippen LogP contribution in [0.5, 0.6) is 0 Å². The van der Waals surface area contributed by atoms with Crippen LogP contribution in [0.2, 0.25) is 0 Å². The van der Waals surface area contributed by atoms with Crippen molar-refractivity contribution in [3.05, 3.63) is 81.2 Å². The fraction of sp³-hybridized carbons (Fsp3) is 0.136. The van der Waals surface area contributed by atoms with E-state index in [2.05, 4.69) is 15.6 Å². The minimum Gasteiger partial charge on any atom is -0.349 e. The Hall–Kier alpha value is -3.85. The highest BCUT2D eigenvalue weighted by Crippen LogP contribution is 2.27. The summed E-state index contributed by atoms with van der Waals surface area (Å²) in [5, 5.41) is 18.7. The number of benzene rings is 2. The highest BCUT2D eigenvalue weighted by Gasteiger charge is 2.23. The number of nitro groups is 1. The predicted molar refractivity (Wildman–Crippen MR) is 119 cm³/mol. The van der Waals surface area contributed by atoms with Gasteiger partial charge in [0, 0.05) is 40.8 Å². The lowest BCUT2D eigenvalue weighted by Crippen LogP contribution is -2.25. The number of non-ortho nitro benzene ring substituents is 1. The van der Waals surface area contributed by atoms with E-state index >= 15 is 0 Å². The van der Waals surface area contributed by atoms with Gasteiger partial charge in [0.1, 0.15) is 0 Å². The third-order valence-electron chi connectivity index (χ3n) is 4.60. The maximum atomic E-state index is 12.2. The number of amides is 2. The van der Waals surface area contributed by atoms with Crippen LogP contribution in [-0.2, 0) is 4.79 Å². The van der Waals surface area contributed by atoms with Crippen molar-refractivity contribution < 1.29 is 14.5 Å². The normalized spacial score (nSPS) is 13.2. The van der Waals surface area contributed by atoms with Gasteiger partial charge in [-0.1, -0.05) is 24.3 Å². The number of nitrogens with one attached hydrogen (secondary N) is 2. The maximum absolute atomic E-state index is 12.2. The zero-order valence-corrected chi connectivity index (χ0v) is 17.1. The third kappa shape index (κ3) is 5.40. The molecule has 4 rings (SSSR count). The first-order valence-electron chi connectivity index (χ1n) is 9.58. The van der Waals surface area contributed by atoms with Gasteiger partial charge in [-0.3, -0.25) is 25.0 Å². The van der Waals surface area contributed by atoms with E-state index in [0.717, 1.165) is 18.4 Å². The molecule has 1 heterocycles. The number of rotatable bonds is 7. The van der Waals surface area contributed by atoms with Crippen LogP contribution < -0.4 is 10.6 Å². The Bertz CT molecular complexity index is 1170. The van der Waals surface area contributed by atoms with E-state index in [1.54, 1.807) is 47.9 Å². The monoisotopic (exact) mass is 434 g/mol. The Morgan fingerprint density at radius 2 is 1.94 bits per heavy atom. The van der Waals surface area contributed by atoms with Crippen LogP contribution in [0.3, 0.4) is 0 Å². The number of hydrogen-bond donors (Lipinski definition) is 2. The van der Waals surface area contributed by atoms with E-state index in [1.165, 1.54) is 29.5 Å². The molecule has 1 aromatic heterocycles. The quantitative estimate of drug-likeness (QED) is 0.328. The number of thiazole rings is 1. The molecule has 0 bridgehead atoms. The molecular formula is C22H18N4O4S. The highest BCUT2D eigenvalue weighted by molar-refractivity contribution is 7.14. The van der Waals surface area contributed by atoms with E-state index in [4.69, 9.17) is 0 Å². The Kier molecular flexibility index (Phi) is 5.85. The van der Waals surface area contributed by atoms with Crippen molar-refractivity contribution >= 4 is 40.0 Å². The van der Waals surface area contributed by atoms with Gasteiger partial charge in [0.05, 0.1) is 10.6 Å². The molecule has 9 heteroatoms. The van der Waals surface area contributed by atoms with E-state index in [1.807, 2.05) is 0 Å². The molecular weight excluding hydrogens is 416 g/mol. The molecule has 1 aliphatic rings. The zero-order valence-electron chi connectivity index (χ0n) is 16.3. The van der Waals surface area contributed by atoms with Crippen LogP contribution in [-0.4, -0.2) is 27.8 Å². The topological polar surface area (TPSA) is 114 Å². The number of nitro benzene ring substituents is 1. The molecule has 0 atom stereocenters. The Labute approximate surface area is 181 Å². The molecule has 0 spiro atoms. The second-order valence-electron chi connectivity index (χ2n) is 7.04. The average molecular weight is 434 g/mol. The molecule has 156 valence electrons. The van der Waals surface area contributed by atoms with Gasteiger partial charge < -0.3 is 5.32 Å². The average Bonchev–Trinajstić information content (AvgIpc) is 3.47. The molecule has 0 radical (unpaired) electrons. The zero-order chi connectivity index (χ0) is 21.8. The Morgan fingerprint density at radius 1 is 1.16 bits per heavy atom. The Balaban J connectivity index is 1.35. The minimum atomic E-state index is -0.463. The van der Waals surface area contributed by atoms with Gasteiger partial charge in [0.15, 0.2) is 5.13 Å². The lowest BCUT2D eigenvalue weighted by atomic mass is 10.1. The van der Waals surface area contributed by atoms with Gasteiger partial charge in [0.25, 0.3) is 11.6 Å². The van der Waals surface area contributed by atoms with Crippen LogP contribution in [0.25, 0.3) is 17.3 Å². The second-order valence-corrected chi connectivity index (χ2v) is 7.90. The summed E-state index contributed by atoms with van der Waals surface area (Å²) in [6.07, 6.45) is 5.10. The predicted octanol–water partition coefficient (Wildman–Crippen LogP) is 4.26. The summed E-state index contributed by atoms with van der Waals surface area (Å²) in [5.41, 5.74) is 2.51. The largest absolute Gasteiger partial charge is 0.349 e. The van der Waals surface area contributed by atoms with Crippen molar-refractivity contribution in [3.8, 4) is 11.3 Å². The molecule has 0 unspecified atom stereocenters. The third-order valence-corrected chi connectivity index (χ3v) is 5.36. The Morgan fingerprint density at radius 3 is 2.65 bits per heavy atom. The molecule has 2 amide bonds. The maximum Gasteiger partial charge on any atom is 0.270 e. The molecule has 1 aliphatic carbocycles. The van der Waals surface area contributed by atoms with Gasteiger partial charge >= 0.3 is 0 Å². The number of hydrogen-bond acceptors (Lipinski definition) is 6. The number of carbonyl (C=O) groups is 2. The van der Waals surface area contributed by atoms with Crippen molar-refractivity contribution in [1.29, 1.82) is 0 Å². The first-order chi connectivity index (χ1) is 15.0. The minimum absolute atomic E-state index is 0.0185. The molecule has 0 saturated heterocycles. The first kappa shape index (κ1) is 20.4. The smallest absolute Gasteiger partial charge is 0.270 e. The summed E-state index contributed by atoms with van der Waals surface area (Å²) in [5.74, 6) is -0.436. The van der Waals surface area contributed by atoms with Gasteiger partial charge in [0.2, 0.25) is 5.91 Å². The second kappa shape index (κ2) is 8.88. The lowest BCUT2D eigenvalue weighted by Gasteiger charge is -2.03. The van der Waals surface area contributed by atoms with Gasteiger partial charge in [-0.15, -0.1) is 11.3 Å². The molecule has 8 nitrogen and oxygen atoms in total. The van der Waals surface area contributed by atoms with E-state index < -0.39 is 4.92 Å².